The summed E-state index contributed by atoms with van der Waals surface area (Å²) in [4.78, 5) is 13.3. The molecule has 0 bridgehead atoms. The van der Waals surface area contributed by atoms with Crippen molar-refractivity contribution < 1.29 is 9.90 Å². The van der Waals surface area contributed by atoms with E-state index < -0.39 is 5.97 Å². The lowest BCUT2D eigenvalue weighted by Crippen LogP contribution is -2.13. The van der Waals surface area contributed by atoms with E-state index in [0.29, 0.717) is 5.56 Å². The number of benzene rings is 1. The van der Waals surface area contributed by atoms with Crippen molar-refractivity contribution in [1.29, 1.82) is 0 Å². The molecule has 0 saturated carbocycles. The molecule has 0 unspecified atom stereocenters. The molecular weight excluding hydrogens is 262 g/mol. The summed E-state index contributed by atoms with van der Waals surface area (Å²) in [6.07, 6.45) is 13.6. The number of carboxylic acids is 1. The molecule has 3 nitrogen and oxygen atoms in total. The molecule has 3 aliphatic rings. The Labute approximate surface area is 123 Å². The van der Waals surface area contributed by atoms with Crippen LogP contribution < -0.4 is 4.90 Å². The monoisotopic (exact) mass is 277 g/mol. The van der Waals surface area contributed by atoms with Gasteiger partial charge in [-0.25, -0.2) is 4.79 Å². The van der Waals surface area contributed by atoms with Crippen LogP contribution in [0.25, 0.3) is 0 Å². The molecule has 0 aromatic heterocycles. The highest BCUT2D eigenvalue weighted by Crippen LogP contribution is 2.41. The number of carboxylic acid groups (broad SMARTS) is 1. The van der Waals surface area contributed by atoms with E-state index >= 15 is 0 Å². The van der Waals surface area contributed by atoms with E-state index in [1.165, 1.54) is 22.4 Å². The second kappa shape index (κ2) is 4.48. The second-order valence-electron chi connectivity index (χ2n) is 5.53. The number of fused-ring (bicyclic) bond motifs is 4. The zero-order valence-corrected chi connectivity index (χ0v) is 11.5. The molecular formula is C18H15NO2. The van der Waals surface area contributed by atoms with Crippen molar-refractivity contribution in [3.8, 4) is 0 Å². The van der Waals surface area contributed by atoms with Gasteiger partial charge in [-0.3, -0.25) is 0 Å². The van der Waals surface area contributed by atoms with E-state index in [0.717, 1.165) is 24.9 Å². The van der Waals surface area contributed by atoms with Crippen LogP contribution in [0.2, 0.25) is 0 Å². The minimum absolute atomic E-state index is 0.342. The van der Waals surface area contributed by atoms with Crippen LogP contribution >= 0.6 is 0 Å². The minimum atomic E-state index is -0.878. The molecule has 1 aliphatic carbocycles. The Bertz CT molecular complexity index is 765. The predicted octanol–water partition coefficient (Wildman–Crippen LogP) is 3.81. The highest BCUT2D eigenvalue weighted by Gasteiger charge is 2.28. The number of rotatable bonds is 1. The Hall–Kier alpha value is -2.55. The van der Waals surface area contributed by atoms with Crippen LogP contribution in [0.15, 0.2) is 65.5 Å². The third-order valence-corrected chi connectivity index (χ3v) is 4.31. The molecule has 1 aromatic rings. The van der Waals surface area contributed by atoms with Crippen LogP contribution in [0.3, 0.4) is 0 Å². The average molecular weight is 277 g/mol. The van der Waals surface area contributed by atoms with Crippen LogP contribution in [-0.2, 0) is 6.42 Å². The largest absolute Gasteiger partial charge is 0.478 e. The third-order valence-electron chi connectivity index (χ3n) is 4.31. The van der Waals surface area contributed by atoms with E-state index in [2.05, 4.69) is 23.1 Å². The second-order valence-corrected chi connectivity index (χ2v) is 5.53. The van der Waals surface area contributed by atoms with Crippen LogP contribution in [0.4, 0.5) is 5.69 Å². The van der Waals surface area contributed by atoms with Gasteiger partial charge in [-0.05, 0) is 47.8 Å². The van der Waals surface area contributed by atoms with Gasteiger partial charge in [-0.1, -0.05) is 24.3 Å². The van der Waals surface area contributed by atoms with E-state index in [9.17, 15) is 9.90 Å². The molecule has 21 heavy (non-hydrogen) atoms. The Morgan fingerprint density at radius 1 is 1.29 bits per heavy atom. The zero-order chi connectivity index (χ0) is 14.4. The summed E-state index contributed by atoms with van der Waals surface area (Å²) in [6.45, 7) is 0. The van der Waals surface area contributed by atoms with Crippen molar-refractivity contribution in [1.82, 2.24) is 0 Å². The topological polar surface area (TPSA) is 40.5 Å². The fourth-order valence-electron chi connectivity index (χ4n) is 3.29. The van der Waals surface area contributed by atoms with Crippen LogP contribution in [0, 0.1) is 0 Å². The lowest BCUT2D eigenvalue weighted by atomic mass is 9.92. The fourth-order valence-corrected chi connectivity index (χ4v) is 3.29. The maximum Gasteiger partial charge on any atom is 0.335 e. The Balaban J connectivity index is 1.87. The Morgan fingerprint density at radius 2 is 2.19 bits per heavy atom. The van der Waals surface area contributed by atoms with Crippen molar-refractivity contribution in [2.24, 2.45) is 0 Å². The normalized spacial score (nSPS) is 18.9. The van der Waals surface area contributed by atoms with E-state index in [1.54, 1.807) is 12.1 Å². The van der Waals surface area contributed by atoms with Gasteiger partial charge in [-0.15, -0.1) is 0 Å². The molecule has 1 aromatic carbocycles. The van der Waals surface area contributed by atoms with Gasteiger partial charge >= 0.3 is 5.97 Å². The SMILES string of the molecule is O=C(O)c1ccc2c(c1)N1C=CC=C3C=CCCC3=C1C2. The van der Waals surface area contributed by atoms with Gasteiger partial charge in [0.25, 0.3) is 0 Å². The quantitative estimate of drug-likeness (QED) is 0.848. The van der Waals surface area contributed by atoms with E-state index in [4.69, 9.17) is 0 Å². The number of aromatic carboxylic acids is 1. The first-order valence-corrected chi connectivity index (χ1v) is 7.17. The standard InChI is InChI=1S/C18H15NO2/c20-18(21)14-8-7-13-10-17-15-6-2-1-4-12(15)5-3-9-19(17)16(13)11-14/h1,3-5,7-9,11H,2,6,10H2,(H,20,21). The first-order chi connectivity index (χ1) is 10.2. The van der Waals surface area contributed by atoms with Crippen molar-refractivity contribution in [2.45, 2.75) is 19.3 Å². The summed E-state index contributed by atoms with van der Waals surface area (Å²) in [5.74, 6) is -0.878. The Morgan fingerprint density at radius 3 is 3.05 bits per heavy atom. The number of hydrogen-bond donors (Lipinski definition) is 1. The molecule has 1 N–H and O–H groups in total. The smallest absolute Gasteiger partial charge is 0.335 e. The van der Waals surface area contributed by atoms with Gasteiger partial charge in [0.05, 0.1) is 5.56 Å². The van der Waals surface area contributed by atoms with Crippen LogP contribution in [-0.4, -0.2) is 11.1 Å². The number of anilines is 1. The summed E-state index contributed by atoms with van der Waals surface area (Å²) in [6, 6.07) is 5.41. The molecule has 0 amide bonds. The highest BCUT2D eigenvalue weighted by atomic mass is 16.4. The fraction of sp³-hybridized carbons (Fsp3) is 0.167. The van der Waals surface area contributed by atoms with Crippen molar-refractivity contribution in [3.63, 3.8) is 0 Å². The predicted molar refractivity (Wildman–Crippen MR) is 82.2 cm³/mol. The molecule has 0 spiro atoms. The zero-order valence-electron chi connectivity index (χ0n) is 11.5. The van der Waals surface area contributed by atoms with E-state index in [-0.39, 0.29) is 0 Å². The summed E-state index contributed by atoms with van der Waals surface area (Å²) >= 11 is 0. The van der Waals surface area contributed by atoms with Crippen molar-refractivity contribution in [3.05, 3.63) is 76.7 Å². The summed E-state index contributed by atoms with van der Waals surface area (Å²) in [5.41, 5.74) is 6.49. The molecule has 2 aliphatic heterocycles. The van der Waals surface area contributed by atoms with Crippen LogP contribution in [0.5, 0.6) is 0 Å². The number of nitrogens with zero attached hydrogens (tertiary/aromatic N) is 1. The molecule has 0 fully saturated rings. The third kappa shape index (κ3) is 1.85. The summed E-state index contributed by atoms with van der Waals surface area (Å²) in [7, 11) is 0. The lowest BCUT2D eigenvalue weighted by molar-refractivity contribution is 0.0697. The van der Waals surface area contributed by atoms with E-state index in [1.807, 2.05) is 18.3 Å². The lowest BCUT2D eigenvalue weighted by Gasteiger charge is -2.21. The van der Waals surface area contributed by atoms with Gasteiger partial charge in [-0.2, -0.15) is 0 Å². The molecule has 3 heteroatoms. The first kappa shape index (κ1) is 12.2. The van der Waals surface area contributed by atoms with Gasteiger partial charge in [0.1, 0.15) is 0 Å². The molecule has 104 valence electrons. The maximum atomic E-state index is 11.2. The van der Waals surface area contributed by atoms with Gasteiger partial charge in [0, 0.05) is 24.0 Å². The van der Waals surface area contributed by atoms with Crippen molar-refractivity contribution in [2.75, 3.05) is 4.90 Å². The Kier molecular flexibility index (Phi) is 2.61. The van der Waals surface area contributed by atoms with Crippen LogP contribution in [0.1, 0.15) is 28.8 Å². The maximum absolute atomic E-state index is 11.2. The minimum Gasteiger partial charge on any atom is -0.478 e. The number of hydrogen-bond acceptors (Lipinski definition) is 2. The van der Waals surface area contributed by atoms with Crippen molar-refractivity contribution >= 4 is 11.7 Å². The molecule has 0 saturated heterocycles. The molecule has 0 radical (unpaired) electrons. The molecule has 0 atom stereocenters. The highest BCUT2D eigenvalue weighted by molar-refractivity contribution is 5.90. The number of carbonyl (C=O) groups is 1. The average Bonchev–Trinajstić information content (AvgIpc) is 2.75. The first-order valence-electron chi connectivity index (χ1n) is 7.17. The summed E-state index contributed by atoms with van der Waals surface area (Å²) < 4.78 is 0. The van der Waals surface area contributed by atoms with Gasteiger partial charge in [0.2, 0.25) is 0 Å². The van der Waals surface area contributed by atoms with Gasteiger partial charge < -0.3 is 10.0 Å². The summed E-state index contributed by atoms with van der Waals surface area (Å²) in [5, 5.41) is 9.19. The molecule has 2 heterocycles. The number of allylic oxidation sites excluding steroid dienone is 7. The van der Waals surface area contributed by atoms with Gasteiger partial charge in [0.15, 0.2) is 0 Å². The molecule has 4 rings (SSSR count).